The van der Waals surface area contributed by atoms with E-state index in [4.69, 9.17) is 4.74 Å². The van der Waals surface area contributed by atoms with Crippen molar-refractivity contribution in [1.29, 1.82) is 0 Å². The fourth-order valence-corrected chi connectivity index (χ4v) is 3.37. The minimum Gasteiger partial charge on any atom is -0.459 e. The second-order valence-electron chi connectivity index (χ2n) is 7.36. The predicted molar refractivity (Wildman–Crippen MR) is 115 cm³/mol. The number of rotatable bonds is 6. The lowest BCUT2D eigenvalue weighted by atomic mass is 10.1. The number of hydrogen-bond acceptors (Lipinski definition) is 6. The molecule has 0 bridgehead atoms. The molecule has 3 heterocycles. The maximum Gasteiger partial charge on any atom is 0.306 e. The van der Waals surface area contributed by atoms with Gasteiger partial charge in [0.1, 0.15) is 12.3 Å². The molecule has 1 aliphatic heterocycles. The number of aryl methyl sites for hydroxylation is 1. The van der Waals surface area contributed by atoms with E-state index < -0.39 is 5.97 Å². The van der Waals surface area contributed by atoms with Crippen LogP contribution in [-0.4, -0.2) is 38.5 Å². The number of hydrogen-bond donors (Lipinski definition) is 0. The minimum absolute atomic E-state index is 0.0114. The molecule has 0 unspecified atom stereocenters. The topological polar surface area (TPSA) is 93.3 Å². The van der Waals surface area contributed by atoms with Crippen LogP contribution in [0.3, 0.4) is 0 Å². The summed E-state index contributed by atoms with van der Waals surface area (Å²) in [4.78, 5) is 41.0. The quantitative estimate of drug-likeness (QED) is 0.574. The summed E-state index contributed by atoms with van der Waals surface area (Å²) in [6.07, 6.45) is 2.34. The molecule has 1 aromatic carbocycles. The van der Waals surface area contributed by atoms with Gasteiger partial charge in [0.05, 0.1) is 24.4 Å². The average molecular weight is 418 g/mol. The standard InChI is InChI=1S/C23H22N4O4/c1-16-7-8-20-24-18(13-22(29)26(20)14-16)15-31-23(30)10-9-21(28)27-12-11-19(25-27)17-5-3-2-4-6-17/h2-8,13-14H,9-12,15H2,1H3. The maximum atomic E-state index is 12.4. The molecule has 8 heteroatoms. The van der Waals surface area contributed by atoms with Gasteiger partial charge in [-0.05, 0) is 24.1 Å². The van der Waals surface area contributed by atoms with Crippen molar-refractivity contribution in [3.8, 4) is 0 Å². The summed E-state index contributed by atoms with van der Waals surface area (Å²) >= 11 is 0. The fraction of sp³-hybridized carbons (Fsp3) is 0.261. The first-order valence-electron chi connectivity index (χ1n) is 10.1. The van der Waals surface area contributed by atoms with Gasteiger partial charge in [0, 0.05) is 25.1 Å². The van der Waals surface area contributed by atoms with Crippen LogP contribution in [0.4, 0.5) is 0 Å². The molecule has 3 aromatic rings. The molecule has 0 saturated heterocycles. The molecular weight excluding hydrogens is 396 g/mol. The van der Waals surface area contributed by atoms with E-state index in [2.05, 4.69) is 10.1 Å². The first-order valence-corrected chi connectivity index (χ1v) is 10.1. The third-order valence-corrected chi connectivity index (χ3v) is 4.98. The van der Waals surface area contributed by atoms with Crippen LogP contribution in [0.25, 0.3) is 5.65 Å². The van der Waals surface area contributed by atoms with E-state index in [1.165, 1.54) is 15.5 Å². The highest BCUT2D eigenvalue weighted by atomic mass is 16.5. The van der Waals surface area contributed by atoms with Crippen LogP contribution in [-0.2, 0) is 20.9 Å². The van der Waals surface area contributed by atoms with E-state index in [9.17, 15) is 14.4 Å². The summed E-state index contributed by atoms with van der Waals surface area (Å²) in [5, 5.41) is 5.78. The summed E-state index contributed by atoms with van der Waals surface area (Å²) in [5.41, 5.74) is 3.41. The lowest BCUT2D eigenvalue weighted by Gasteiger charge is -2.11. The van der Waals surface area contributed by atoms with Gasteiger partial charge < -0.3 is 4.74 Å². The molecular formula is C23H22N4O4. The lowest BCUT2D eigenvalue weighted by Crippen LogP contribution is -2.24. The van der Waals surface area contributed by atoms with Crippen LogP contribution in [0.5, 0.6) is 0 Å². The van der Waals surface area contributed by atoms with Gasteiger partial charge in [-0.2, -0.15) is 5.10 Å². The number of carbonyl (C=O) groups is 2. The molecule has 158 valence electrons. The smallest absolute Gasteiger partial charge is 0.306 e. The Hall–Kier alpha value is -3.81. The van der Waals surface area contributed by atoms with E-state index in [1.54, 1.807) is 12.3 Å². The highest BCUT2D eigenvalue weighted by Gasteiger charge is 2.22. The Kier molecular flexibility index (Phi) is 5.88. The average Bonchev–Trinajstić information content (AvgIpc) is 3.28. The van der Waals surface area contributed by atoms with Crippen molar-refractivity contribution < 1.29 is 14.3 Å². The van der Waals surface area contributed by atoms with Gasteiger partial charge in [0.25, 0.3) is 5.56 Å². The molecule has 1 aliphatic rings. The molecule has 2 aromatic heterocycles. The van der Waals surface area contributed by atoms with Crippen LogP contribution >= 0.6 is 0 Å². The Balaban J connectivity index is 1.29. The largest absolute Gasteiger partial charge is 0.459 e. The summed E-state index contributed by atoms with van der Waals surface area (Å²) in [5.74, 6) is -0.744. The van der Waals surface area contributed by atoms with Crippen LogP contribution in [0.15, 0.2) is 64.6 Å². The van der Waals surface area contributed by atoms with E-state index in [0.29, 0.717) is 24.3 Å². The van der Waals surface area contributed by atoms with E-state index in [1.807, 2.05) is 43.3 Å². The zero-order valence-electron chi connectivity index (χ0n) is 17.2. The van der Waals surface area contributed by atoms with Crippen molar-refractivity contribution in [2.24, 2.45) is 5.10 Å². The summed E-state index contributed by atoms with van der Waals surface area (Å²) in [7, 11) is 0. The van der Waals surface area contributed by atoms with Crippen LogP contribution < -0.4 is 5.56 Å². The first kappa shape index (κ1) is 20.5. The Labute approximate surface area is 178 Å². The van der Waals surface area contributed by atoms with Crippen LogP contribution in [0, 0.1) is 6.92 Å². The number of fused-ring (bicyclic) bond motifs is 1. The number of hydrazone groups is 1. The first-order chi connectivity index (χ1) is 15.0. The maximum absolute atomic E-state index is 12.4. The number of esters is 1. The molecule has 8 nitrogen and oxygen atoms in total. The van der Waals surface area contributed by atoms with E-state index in [0.717, 1.165) is 16.8 Å². The molecule has 0 N–H and O–H groups in total. The number of pyridine rings is 1. The SMILES string of the molecule is Cc1ccc2nc(COC(=O)CCC(=O)N3CCC(c4ccccc4)=N3)cc(=O)n2c1. The van der Waals surface area contributed by atoms with Crippen molar-refractivity contribution in [1.82, 2.24) is 14.4 Å². The van der Waals surface area contributed by atoms with Gasteiger partial charge in [-0.3, -0.25) is 18.8 Å². The number of amides is 1. The molecule has 0 atom stereocenters. The molecule has 0 saturated carbocycles. The van der Waals surface area contributed by atoms with Crippen molar-refractivity contribution in [3.63, 3.8) is 0 Å². The Morgan fingerprint density at radius 2 is 1.90 bits per heavy atom. The number of carbonyl (C=O) groups excluding carboxylic acids is 2. The van der Waals surface area contributed by atoms with Crippen molar-refractivity contribution in [3.05, 3.63) is 81.9 Å². The van der Waals surface area contributed by atoms with Crippen molar-refractivity contribution in [2.75, 3.05) is 6.54 Å². The molecule has 4 rings (SSSR count). The highest BCUT2D eigenvalue weighted by molar-refractivity contribution is 6.02. The Bertz CT molecular complexity index is 1220. The molecule has 31 heavy (non-hydrogen) atoms. The minimum atomic E-state index is -0.522. The van der Waals surface area contributed by atoms with Gasteiger partial charge in [-0.25, -0.2) is 9.99 Å². The zero-order valence-corrected chi connectivity index (χ0v) is 17.2. The van der Waals surface area contributed by atoms with Crippen LogP contribution in [0.2, 0.25) is 0 Å². The Morgan fingerprint density at radius 3 is 2.71 bits per heavy atom. The van der Waals surface area contributed by atoms with Gasteiger partial charge in [-0.1, -0.05) is 36.4 Å². The van der Waals surface area contributed by atoms with Gasteiger partial charge >= 0.3 is 5.97 Å². The number of aromatic nitrogens is 2. The van der Waals surface area contributed by atoms with Gasteiger partial charge in [0.2, 0.25) is 5.91 Å². The molecule has 0 fully saturated rings. The van der Waals surface area contributed by atoms with Gasteiger partial charge in [0.15, 0.2) is 0 Å². The normalized spacial score (nSPS) is 13.3. The van der Waals surface area contributed by atoms with E-state index >= 15 is 0 Å². The number of ether oxygens (including phenoxy) is 1. The predicted octanol–water partition coefficient (Wildman–Crippen LogP) is 2.46. The van der Waals surface area contributed by atoms with Gasteiger partial charge in [-0.15, -0.1) is 0 Å². The Morgan fingerprint density at radius 1 is 1.10 bits per heavy atom. The fourth-order valence-electron chi connectivity index (χ4n) is 3.37. The van der Waals surface area contributed by atoms with Crippen molar-refractivity contribution in [2.45, 2.75) is 32.8 Å². The van der Waals surface area contributed by atoms with E-state index in [-0.39, 0.29) is 30.9 Å². The number of nitrogens with zero attached hydrogens (tertiary/aromatic N) is 4. The molecule has 1 amide bonds. The monoisotopic (exact) mass is 418 g/mol. The molecule has 0 radical (unpaired) electrons. The number of benzene rings is 1. The molecule has 0 aliphatic carbocycles. The highest BCUT2D eigenvalue weighted by Crippen LogP contribution is 2.15. The van der Waals surface area contributed by atoms with Crippen LogP contribution in [0.1, 0.15) is 36.1 Å². The summed E-state index contributed by atoms with van der Waals surface area (Å²) in [6, 6.07) is 14.6. The summed E-state index contributed by atoms with van der Waals surface area (Å²) in [6.45, 7) is 2.27. The summed E-state index contributed by atoms with van der Waals surface area (Å²) < 4.78 is 6.65. The van der Waals surface area contributed by atoms with Crippen molar-refractivity contribution >= 4 is 23.2 Å². The second kappa shape index (κ2) is 8.91. The third-order valence-electron chi connectivity index (χ3n) is 4.98. The zero-order chi connectivity index (χ0) is 21.8. The molecule has 0 spiro atoms. The lowest BCUT2D eigenvalue weighted by molar-refractivity contribution is -0.147. The third kappa shape index (κ3) is 4.85. The second-order valence-corrected chi connectivity index (χ2v) is 7.36.